The van der Waals surface area contributed by atoms with E-state index in [1.807, 2.05) is 0 Å². The Morgan fingerprint density at radius 2 is 0.861 bits per heavy atom. The minimum Gasteiger partial charge on any atom is -0.532 e. The summed E-state index contributed by atoms with van der Waals surface area (Å²) in [6.45, 7) is 0. The normalized spacial score (nSPS) is 26.3. The highest BCUT2D eigenvalue weighted by molar-refractivity contribution is 6.93. The lowest BCUT2D eigenvalue weighted by Gasteiger charge is -2.46. The molecule has 4 aromatic carbocycles. The van der Waals surface area contributed by atoms with Crippen LogP contribution in [0.25, 0.3) is 22.3 Å². The van der Waals surface area contributed by atoms with Gasteiger partial charge in [-0.25, -0.2) is 0 Å². The number of hydrogen-bond donors (Lipinski definition) is 0. The molecule has 36 heavy (non-hydrogen) atoms. The molecule has 2 saturated carbocycles. The van der Waals surface area contributed by atoms with E-state index in [1.165, 1.54) is 51.9 Å². The molecule has 2 nitrogen and oxygen atoms in total. The molecular formula is C33H32O2Si-. The smallest absolute Gasteiger partial charge is 0.190 e. The first-order chi connectivity index (χ1) is 17.7. The van der Waals surface area contributed by atoms with Crippen LogP contribution in [0, 0.1) is 0 Å². The van der Waals surface area contributed by atoms with Gasteiger partial charge in [-0.15, -0.1) is 10.4 Å². The molecule has 0 spiro atoms. The van der Waals surface area contributed by atoms with Gasteiger partial charge in [0.2, 0.25) is 0 Å². The maximum atomic E-state index is 7.53. The zero-order chi connectivity index (χ0) is 24.1. The van der Waals surface area contributed by atoms with Crippen molar-refractivity contribution in [2.24, 2.45) is 0 Å². The van der Waals surface area contributed by atoms with Crippen LogP contribution in [0.4, 0.5) is 0 Å². The van der Waals surface area contributed by atoms with Gasteiger partial charge in [0.05, 0.1) is 11.2 Å². The summed E-state index contributed by atoms with van der Waals surface area (Å²) in [6, 6.07) is 39.3. The lowest BCUT2D eigenvalue weighted by Crippen LogP contribution is -2.62. The zero-order valence-corrected chi connectivity index (χ0v) is 21.7. The molecule has 3 aliphatic rings. The highest BCUT2D eigenvalue weighted by Crippen LogP contribution is 2.59. The molecule has 0 bridgehead atoms. The van der Waals surface area contributed by atoms with Gasteiger partial charge >= 0.3 is 0 Å². The van der Waals surface area contributed by atoms with Crippen LogP contribution in [0.1, 0.15) is 44.9 Å². The summed E-state index contributed by atoms with van der Waals surface area (Å²) < 4.78 is 15.1. The van der Waals surface area contributed by atoms with Crippen LogP contribution in [0.3, 0.4) is 0 Å². The van der Waals surface area contributed by atoms with Crippen molar-refractivity contribution >= 4 is 18.9 Å². The zero-order valence-electron chi connectivity index (χ0n) is 20.7. The lowest BCUT2D eigenvalue weighted by atomic mass is 9.74. The van der Waals surface area contributed by atoms with Crippen LogP contribution in [0.2, 0.25) is 0 Å². The molecule has 4 aromatic rings. The number of rotatable bonds is 4. The second-order valence-corrected chi connectivity index (χ2v) is 13.6. The molecule has 2 aliphatic carbocycles. The van der Waals surface area contributed by atoms with Crippen molar-refractivity contribution < 1.29 is 8.85 Å². The van der Waals surface area contributed by atoms with E-state index in [0.29, 0.717) is 0 Å². The molecule has 3 fully saturated rings. The van der Waals surface area contributed by atoms with Crippen molar-refractivity contribution in [1.82, 2.24) is 0 Å². The van der Waals surface area contributed by atoms with E-state index in [-0.39, 0.29) is 11.2 Å². The third-order valence-electron chi connectivity index (χ3n) is 8.78. The first-order valence-corrected chi connectivity index (χ1v) is 15.3. The van der Waals surface area contributed by atoms with Crippen molar-refractivity contribution in [3.63, 3.8) is 0 Å². The molecule has 7 rings (SSSR count). The standard InChI is InChI=1S/C33H32O2Si/c1-3-12-26(13-4-1)28-16-9-18-30(24-28)36(31-19-10-17-29(25-31)27-14-5-2-6-15-27)34-32-20-7-8-21-33(32,35-36)23-11-22-32/h1-6,9-10,12-19,24-25H,7-8,11,20-23H2/q-1. The van der Waals surface area contributed by atoms with Crippen LogP contribution in [0.5, 0.6) is 0 Å². The molecule has 1 heterocycles. The maximum absolute atomic E-state index is 7.53. The van der Waals surface area contributed by atoms with Crippen LogP contribution < -0.4 is 10.4 Å². The Morgan fingerprint density at radius 1 is 0.444 bits per heavy atom. The average molecular weight is 489 g/mol. The van der Waals surface area contributed by atoms with Gasteiger partial charge in [-0.2, -0.15) is 0 Å². The SMILES string of the molecule is c1ccc(-c2cccc([Si-]3(c4cccc(-c5ccccc5)c4)OC45CCCCC4(CCC5)O3)c2)cc1. The summed E-state index contributed by atoms with van der Waals surface area (Å²) in [4.78, 5) is 0. The Bertz CT molecular complexity index is 1280. The molecular weight excluding hydrogens is 456 g/mol. The Hall–Kier alpha value is -2.98. The first kappa shape index (κ1) is 22.2. The molecule has 0 amide bonds. The molecule has 0 aromatic heterocycles. The molecule has 3 heteroatoms. The molecule has 2 unspecified atom stereocenters. The number of hydrogen-bond acceptors (Lipinski definition) is 2. The summed E-state index contributed by atoms with van der Waals surface area (Å²) in [5.41, 5.74) is 4.64. The molecule has 1 aliphatic heterocycles. The predicted molar refractivity (Wildman–Crippen MR) is 149 cm³/mol. The van der Waals surface area contributed by atoms with Gasteiger partial charge in [-0.3, -0.25) is 0 Å². The fourth-order valence-corrected chi connectivity index (χ4v) is 11.1. The summed E-state index contributed by atoms with van der Waals surface area (Å²) in [5, 5.41) is 2.45. The Labute approximate surface area is 215 Å². The van der Waals surface area contributed by atoms with Gasteiger partial charge < -0.3 is 8.85 Å². The monoisotopic (exact) mass is 488 g/mol. The highest BCUT2D eigenvalue weighted by Gasteiger charge is 2.63. The third-order valence-corrected chi connectivity index (χ3v) is 12.3. The fourth-order valence-electron chi connectivity index (χ4n) is 7.07. The van der Waals surface area contributed by atoms with Gasteiger partial charge in [0.1, 0.15) is 0 Å². The Balaban J connectivity index is 1.42. The molecule has 0 radical (unpaired) electrons. The van der Waals surface area contributed by atoms with Gasteiger partial charge in [0.25, 0.3) is 0 Å². The molecule has 1 saturated heterocycles. The topological polar surface area (TPSA) is 18.5 Å². The summed E-state index contributed by atoms with van der Waals surface area (Å²) in [7, 11) is -2.96. The predicted octanol–water partition coefficient (Wildman–Crippen LogP) is 6.86. The van der Waals surface area contributed by atoms with Crippen molar-refractivity contribution in [2.75, 3.05) is 0 Å². The summed E-state index contributed by atoms with van der Waals surface area (Å²) in [6.07, 6.45) is 8.18. The second kappa shape index (κ2) is 8.55. The van der Waals surface area contributed by atoms with Gasteiger partial charge in [0, 0.05) is 0 Å². The number of benzene rings is 4. The highest BCUT2D eigenvalue weighted by atomic mass is 28.4. The maximum Gasteiger partial charge on any atom is 0.190 e. The molecule has 0 N–H and O–H groups in total. The average Bonchev–Trinajstić information content (AvgIpc) is 3.47. The van der Waals surface area contributed by atoms with Crippen molar-refractivity contribution in [1.29, 1.82) is 0 Å². The van der Waals surface area contributed by atoms with E-state index in [4.69, 9.17) is 8.85 Å². The van der Waals surface area contributed by atoms with E-state index >= 15 is 0 Å². The van der Waals surface area contributed by atoms with E-state index in [0.717, 1.165) is 25.7 Å². The van der Waals surface area contributed by atoms with Crippen LogP contribution >= 0.6 is 0 Å². The molecule has 2 atom stereocenters. The second-order valence-electron chi connectivity index (χ2n) is 10.8. The van der Waals surface area contributed by atoms with Gasteiger partial charge in [0.15, 0.2) is 8.56 Å². The minimum absolute atomic E-state index is 0.136. The van der Waals surface area contributed by atoms with Crippen LogP contribution in [0.15, 0.2) is 109 Å². The quantitative estimate of drug-likeness (QED) is 0.292. The van der Waals surface area contributed by atoms with Crippen LogP contribution in [-0.2, 0) is 8.85 Å². The summed E-state index contributed by atoms with van der Waals surface area (Å²) >= 11 is 0. The van der Waals surface area contributed by atoms with Crippen molar-refractivity contribution in [3.8, 4) is 22.3 Å². The van der Waals surface area contributed by atoms with Crippen molar-refractivity contribution in [3.05, 3.63) is 109 Å². The van der Waals surface area contributed by atoms with Crippen LogP contribution in [-0.4, -0.2) is 19.8 Å². The first-order valence-electron chi connectivity index (χ1n) is 13.4. The van der Waals surface area contributed by atoms with E-state index < -0.39 is 8.56 Å². The van der Waals surface area contributed by atoms with E-state index in [1.54, 1.807) is 0 Å². The molecule has 181 valence electrons. The fraction of sp³-hybridized carbons (Fsp3) is 0.273. The van der Waals surface area contributed by atoms with Gasteiger partial charge in [-0.05, 0) is 54.4 Å². The Kier molecular flexibility index (Phi) is 5.28. The largest absolute Gasteiger partial charge is 0.532 e. The van der Waals surface area contributed by atoms with E-state index in [2.05, 4.69) is 109 Å². The lowest BCUT2D eigenvalue weighted by molar-refractivity contribution is -0.0556. The summed E-state index contributed by atoms with van der Waals surface area (Å²) in [5.74, 6) is 0. The van der Waals surface area contributed by atoms with E-state index in [9.17, 15) is 0 Å². The minimum atomic E-state index is -2.96. The third kappa shape index (κ3) is 3.37. The van der Waals surface area contributed by atoms with Gasteiger partial charge in [-0.1, -0.05) is 122 Å². The van der Waals surface area contributed by atoms with Crippen molar-refractivity contribution in [2.45, 2.75) is 56.1 Å². The Morgan fingerprint density at radius 3 is 1.33 bits per heavy atom.